The molecule has 0 saturated heterocycles. The highest BCUT2D eigenvalue weighted by Gasteiger charge is 2.34. The monoisotopic (exact) mass is 470 g/mol. The molecule has 3 heterocycles. The van der Waals surface area contributed by atoms with E-state index in [1.165, 1.54) is 17.8 Å². The maximum absolute atomic E-state index is 15.4. The quantitative estimate of drug-likeness (QED) is 0.357. The number of carboxylic acids is 1. The largest absolute Gasteiger partial charge is 0.477 e. The first-order valence-corrected chi connectivity index (χ1v) is 11.5. The first-order chi connectivity index (χ1) is 15.3. The predicted molar refractivity (Wildman–Crippen MR) is 122 cm³/mol. The van der Waals surface area contributed by atoms with Crippen LogP contribution in [0.3, 0.4) is 0 Å². The van der Waals surface area contributed by atoms with E-state index < -0.39 is 11.8 Å². The van der Waals surface area contributed by atoms with Crippen LogP contribution < -0.4 is 0 Å². The number of aromatic carboxylic acids is 1. The molecule has 0 amide bonds. The third kappa shape index (κ3) is 3.57. The first-order valence-electron chi connectivity index (χ1n) is 10.3. The Hall–Kier alpha value is -2.84. The second-order valence-electron chi connectivity index (χ2n) is 8.12. The van der Waals surface area contributed by atoms with Crippen molar-refractivity contribution in [3.63, 3.8) is 0 Å². The number of nitrogens with zero attached hydrogens (tertiary/aromatic N) is 4. The molecule has 1 aliphatic rings. The Morgan fingerprint density at radius 1 is 1.28 bits per heavy atom. The van der Waals surface area contributed by atoms with Crippen LogP contribution in [-0.4, -0.2) is 30.4 Å². The van der Waals surface area contributed by atoms with Gasteiger partial charge in [-0.2, -0.15) is 5.10 Å². The second-order valence-corrected chi connectivity index (χ2v) is 9.56. The first kappa shape index (κ1) is 21.0. The minimum Gasteiger partial charge on any atom is -0.477 e. The van der Waals surface area contributed by atoms with Gasteiger partial charge < -0.3 is 9.67 Å². The van der Waals surface area contributed by atoms with E-state index in [2.05, 4.69) is 10.1 Å². The van der Waals surface area contributed by atoms with Gasteiger partial charge in [-0.15, -0.1) is 0 Å². The zero-order valence-electron chi connectivity index (χ0n) is 17.4. The Balaban J connectivity index is 1.76. The molecule has 9 heteroatoms. The standard InChI is InChI=1S/C23H20ClFN4O2S/c1-12(2)28-11-14(10-26-28)29-20(13-6-7-13)22(15-8-9-16(24)19(25)21(15)29)32-18-5-3-4-17(27-18)23(30)31/h3-5,8-13H,6-7H2,1-2H3,(H,30,31). The maximum atomic E-state index is 15.4. The van der Waals surface area contributed by atoms with E-state index in [4.69, 9.17) is 11.6 Å². The molecule has 1 aromatic carbocycles. The molecule has 0 spiro atoms. The van der Waals surface area contributed by atoms with E-state index in [0.29, 0.717) is 10.5 Å². The van der Waals surface area contributed by atoms with Crippen LogP contribution in [-0.2, 0) is 0 Å². The van der Waals surface area contributed by atoms with E-state index in [1.54, 1.807) is 24.4 Å². The van der Waals surface area contributed by atoms with Gasteiger partial charge in [-0.05, 0) is 51.0 Å². The molecule has 4 aromatic rings. The zero-order chi connectivity index (χ0) is 22.6. The second kappa shape index (κ2) is 7.94. The number of carbonyl (C=O) groups is 1. The number of hydrogen-bond donors (Lipinski definition) is 1. The molecule has 1 N–H and O–H groups in total. The Bertz CT molecular complexity index is 1360. The highest BCUT2D eigenvalue weighted by Crippen LogP contribution is 2.51. The van der Waals surface area contributed by atoms with Gasteiger partial charge in [-0.25, -0.2) is 14.2 Å². The van der Waals surface area contributed by atoms with E-state index in [0.717, 1.165) is 34.5 Å². The van der Waals surface area contributed by atoms with Gasteiger partial charge in [0, 0.05) is 34.1 Å². The fourth-order valence-corrected chi connectivity index (χ4v) is 5.11. The Morgan fingerprint density at radius 3 is 2.72 bits per heavy atom. The fourth-order valence-electron chi connectivity index (χ4n) is 3.82. The maximum Gasteiger partial charge on any atom is 0.354 e. The normalized spacial score (nSPS) is 13.9. The minimum absolute atomic E-state index is 0.0286. The van der Waals surface area contributed by atoms with Crippen molar-refractivity contribution in [2.45, 2.75) is 48.6 Å². The average Bonchev–Trinajstić information content (AvgIpc) is 3.38. The highest BCUT2D eigenvalue weighted by molar-refractivity contribution is 7.99. The van der Waals surface area contributed by atoms with Crippen molar-refractivity contribution in [1.82, 2.24) is 19.3 Å². The van der Waals surface area contributed by atoms with Crippen LogP contribution in [0.2, 0.25) is 5.02 Å². The summed E-state index contributed by atoms with van der Waals surface area (Å²) in [4.78, 5) is 16.5. The molecule has 0 radical (unpaired) electrons. The van der Waals surface area contributed by atoms with Crippen LogP contribution >= 0.6 is 23.4 Å². The van der Waals surface area contributed by atoms with Gasteiger partial charge in [-0.3, -0.25) is 4.68 Å². The van der Waals surface area contributed by atoms with Crippen molar-refractivity contribution in [2.75, 3.05) is 0 Å². The number of halogens is 2. The minimum atomic E-state index is -1.09. The molecule has 164 valence electrons. The Morgan fingerprint density at radius 2 is 2.06 bits per heavy atom. The summed E-state index contributed by atoms with van der Waals surface area (Å²) < 4.78 is 19.2. The van der Waals surface area contributed by atoms with E-state index in [-0.39, 0.29) is 22.7 Å². The van der Waals surface area contributed by atoms with Crippen molar-refractivity contribution in [3.05, 3.63) is 65.0 Å². The van der Waals surface area contributed by atoms with Gasteiger partial charge in [0.2, 0.25) is 0 Å². The lowest BCUT2D eigenvalue weighted by Gasteiger charge is -2.10. The zero-order valence-corrected chi connectivity index (χ0v) is 19.0. The van der Waals surface area contributed by atoms with Crippen molar-refractivity contribution >= 4 is 40.2 Å². The topological polar surface area (TPSA) is 72.9 Å². The number of benzene rings is 1. The Kier molecular flexibility index (Phi) is 5.22. The number of carboxylic acid groups (broad SMARTS) is 1. The number of hydrogen-bond acceptors (Lipinski definition) is 4. The molecule has 32 heavy (non-hydrogen) atoms. The van der Waals surface area contributed by atoms with Crippen LogP contribution in [0.5, 0.6) is 0 Å². The molecular formula is C23H20ClFN4O2S. The van der Waals surface area contributed by atoms with Crippen LogP contribution in [0.25, 0.3) is 16.6 Å². The smallest absolute Gasteiger partial charge is 0.354 e. The van der Waals surface area contributed by atoms with Gasteiger partial charge in [0.05, 0.1) is 22.4 Å². The summed E-state index contributed by atoms with van der Waals surface area (Å²) >= 11 is 7.54. The van der Waals surface area contributed by atoms with Crippen molar-refractivity contribution < 1.29 is 14.3 Å². The highest BCUT2D eigenvalue weighted by atomic mass is 35.5. The molecule has 0 bridgehead atoms. The van der Waals surface area contributed by atoms with E-state index >= 15 is 4.39 Å². The summed E-state index contributed by atoms with van der Waals surface area (Å²) in [6, 6.07) is 8.43. The van der Waals surface area contributed by atoms with Gasteiger partial charge in [-0.1, -0.05) is 29.4 Å². The van der Waals surface area contributed by atoms with Gasteiger partial charge in [0.25, 0.3) is 0 Å². The number of pyridine rings is 1. The summed E-state index contributed by atoms with van der Waals surface area (Å²) in [5.74, 6) is -1.30. The predicted octanol–water partition coefficient (Wildman–Crippen LogP) is 6.32. The third-order valence-electron chi connectivity index (χ3n) is 5.50. The summed E-state index contributed by atoms with van der Waals surface area (Å²) in [5.41, 5.74) is 2.13. The molecule has 3 aromatic heterocycles. The molecule has 0 unspecified atom stereocenters. The molecular weight excluding hydrogens is 451 g/mol. The van der Waals surface area contributed by atoms with Crippen molar-refractivity contribution in [3.8, 4) is 5.69 Å². The average molecular weight is 471 g/mol. The summed E-state index contributed by atoms with van der Waals surface area (Å²) in [5, 5.41) is 15.1. The lowest BCUT2D eigenvalue weighted by molar-refractivity contribution is 0.0689. The fraction of sp³-hybridized carbons (Fsp3) is 0.261. The molecule has 5 rings (SSSR count). The molecule has 1 saturated carbocycles. The third-order valence-corrected chi connectivity index (χ3v) is 6.86. The van der Waals surface area contributed by atoms with Gasteiger partial charge in [0.15, 0.2) is 5.82 Å². The molecule has 1 fully saturated rings. The van der Waals surface area contributed by atoms with Crippen LogP contribution in [0.15, 0.2) is 52.6 Å². The lowest BCUT2D eigenvalue weighted by Crippen LogP contribution is -2.02. The molecule has 6 nitrogen and oxygen atoms in total. The van der Waals surface area contributed by atoms with Gasteiger partial charge in [0.1, 0.15) is 10.7 Å². The van der Waals surface area contributed by atoms with Crippen LogP contribution in [0, 0.1) is 5.82 Å². The molecule has 0 aliphatic heterocycles. The lowest BCUT2D eigenvalue weighted by atomic mass is 10.2. The summed E-state index contributed by atoms with van der Waals surface area (Å²) in [7, 11) is 0. The van der Waals surface area contributed by atoms with E-state index in [1.807, 2.05) is 35.4 Å². The van der Waals surface area contributed by atoms with Crippen LogP contribution in [0.4, 0.5) is 4.39 Å². The van der Waals surface area contributed by atoms with E-state index in [9.17, 15) is 9.90 Å². The van der Waals surface area contributed by atoms with Crippen molar-refractivity contribution in [2.24, 2.45) is 0 Å². The number of rotatable bonds is 6. The molecule has 0 atom stereocenters. The van der Waals surface area contributed by atoms with Crippen molar-refractivity contribution in [1.29, 1.82) is 0 Å². The Labute approximate surface area is 193 Å². The molecule has 1 aliphatic carbocycles. The number of aromatic nitrogens is 4. The number of fused-ring (bicyclic) bond motifs is 1. The summed E-state index contributed by atoms with van der Waals surface area (Å²) in [6.07, 6.45) is 5.65. The summed E-state index contributed by atoms with van der Waals surface area (Å²) in [6.45, 7) is 4.07. The SMILES string of the molecule is CC(C)n1cc(-n2c(C3CC3)c(Sc3cccc(C(=O)O)n3)c3ccc(Cl)c(F)c32)cn1. The van der Waals surface area contributed by atoms with Gasteiger partial charge >= 0.3 is 5.97 Å². The van der Waals surface area contributed by atoms with Crippen LogP contribution in [0.1, 0.15) is 54.8 Å².